The summed E-state index contributed by atoms with van der Waals surface area (Å²) in [7, 11) is 0. The van der Waals surface area contributed by atoms with Crippen molar-refractivity contribution in [1.29, 1.82) is 0 Å². The molecule has 2 aromatic carbocycles. The fraction of sp³-hybridized carbons (Fsp3) is 0.429. The minimum absolute atomic E-state index is 0.289. The van der Waals surface area contributed by atoms with Crippen molar-refractivity contribution in [2.45, 2.75) is 45.1 Å². The van der Waals surface area contributed by atoms with E-state index in [1.165, 1.54) is 0 Å². The van der Waals surface area contributed by atoms with Crippen LogP contribution in [-0.2, 0) is 6.42 Å². The van der Waals surface area contributed by atoms with E-state index >= 15 is 0 Å². The Hall–Kier alpha value is -1.80. The zero-order chi connectivity index (χ0) is 16.2. The zero-order valence-corrected chi connectivity index (χ0v) is 13.8. The van der Waals surface area contributed by atoms with Gasteiger partial charge >= 0.3 is 0 Å². The second-order valence-corrected chi connectivity index (χ2v) is 6.90. The van der Waals surface area contributed by atoms with Crippen molar-refractivity contribution in [3.05, 3.63) is 54.1 Å². The Balaban J connectivity index is 1.67. The third kappa shape index (κ3) is 3.76. The van der Waals surface area contributed by atoms with Gasteiger partial charge in [-0.25, -0.2) is 0 Å². The number of aliphatic hydroxyl groups excluding tert-OH is 1. The lowest BCUT2D eigenvalue weighted by molar-refractivity contribution is 0.147. The van der Waals surface area contributed by atoms with Crippen LogP contribution in [0.25, 0.3) is 10.8 Å². The fourth-order valence-corrected chi connectivity index (χ4v) is 3.69. The quantitative estimate of drug-likeness (QED) is 0.776. The molecule has 0 bridgehead atoms. The summed E-state index contributed by atoms with van der Waals surface area (Å²) < 4.78 is 0. The van der Waals surface area contributed by atoms with Gasteiger partial charge in [-0.3, -0.25) is 0 Å². The van der Waals surface area contributed by atoms with Crippen LogP contribution in [-0.4, -0.2) is 16.3 Å². The number of allylic oxidation sites excluding steroid dienone is 2. The Morgan fingerprint density at radius 2 is 1.87 bits per heavy atom. The highest BCUT2D eigenvalue weighted by Gasteiger charge is 2.20. The van der Waals surface area contributed by atoms with E-state index < -0.39 is 6.10 Å². The average molecular weight is 310 g/mol. The van der Waals surface area contributed by atoms with Gasteiger partial charge in [0, 0.05) is 12.0 Å². The van der Waals surface area contributed by atoms with E-state index in [0.29, 0.717) is 18.3 Å². The van der Waals surface area contributed by atoms with Crippen LogP contribution in [0.2, 0.25) is 0 Å². The normalized spacial score (nSPS) is 22.3. The average Bonchev–Trinajstić information content (AvgIpc) is 2.57. The lowest BCUT2D eigenvalue weighted by Crippen LogP contribution is -2.18. The topological polar surface area (TPSA) is 40.5 Å². The molecule has 3 atom stereocenters. The first-order valence-corrected chi connectivity index (χ1v) is 8.68. The molecule has 122 valence electrons. The molecule has 0 saturated carbocycles. The number of benzene rings is 2. The molecule has 0 aromatic heterocycles. The molecule has 0 saturated heterocycles. The number of aliphatic hydroxyl groups is 1. The standard InChI is InChI=1S/C21H26O2/c1-15-6-2-3-7-16(15)10-12-18(22)14-20-19-9-5-4-8-17(19)11-13-21(20)23/h2-5,8-9,11,13,15-16,18,22-23H,6-7,10,12,14H2,1H3. The van der Waals surface area contributed by atoms with Gasteiger partial charge in [-0.2, -0.15) is 0 Å². The Kier molecular flexibility index (Phi) is 5.02. The van der Waals surface area contributed by atoms with E-state index in [9.17, 15) is 10.2 Å². The van der Waals surface area contributed by atoms with Gasteiger partial charge in [0.05, 0.1) is 6.10 Å². The third-order valence-electron chi connectivity index (χ3n) is 5.24. The monoisotopic (exact) mass is 310 g/mol. The van der Waals surface area contributed by atoms with Crippen LogP contribution in [0, 0.1) is 11.8 Å². The van der Waals surface area contributed by atoms with E-state index in [1.54, 1.807) is 6.07 Å². The minimum atomic E-state index is -0.398. The molecule has 0 heterocycles. The molecule has 3 unspecified atom stereocenters. The molecule has 0 amide bonds. The van der Waals surface area contributed by atoms with E-state index in [-0.39, 0.29) is 5.75 Å². The second kappa shape index (κ2) is 7.18. The molecule has 0 fully saturated rings. The van der Waals surface area contributed by atoms with Crippen molar-refractivity contribution in [3.8, 4) is 5.75 Å². The highest BCUT2D eigenvalue weighted by molar-refractivity contribution is 5.87. The van der Waals surface area contributed by atoms with Crippen LogP contribution in [0.15, 0.2) is 48.6 Å². The van der Waals surface area contributed by atoms with Crippen molar-refractivity contribution in [2.75, 3.05) is 0 Å². The number of fused-ring (bicyclic) bond motifs is 1. The largest absolute Gasteiger partial charge is 0.508 e. The van der Waals surface area contributed by atoms with E-state index in [1.807, 2.05) is 30.3 Å². The summed E-state index contributed by atoms with van der Waals surface area (Å²) in [5, 5.41) is 22.8. The minimum Gasteiger partial charge on any atom is -0.508 e. The first kappa shape index (κ1) is 16.1. The summed E-state index contributed by atoms with van der Waals surface area (Å²) in [6.07, 6.45) is 8.80. The number of phenolic OH excluding ortho intramolecular Hbond substituents is 1. The van der Waals surface area contributed by atoms with Crippen LogP contribution in [0.5, 0.6) is 5.75 Å². The van der Waals surface area contributed by atoms with Crippen molar-refractivity contribution >= 4 is 10.8 Å². The molecule has 3 rings (SSSR count). The van der Waals surface area contributed by atoms with E-state index in [4.69, 9.17) is 0 Å². The summed E-state index contributed by atoms with van der Waals surface area (Å²) >= 11 is 0. The van der Waals surface area contributed by atoms with Gasteiger partial charge < -0.3 is 10.2 Å². The zero-order valence-electron chi connectivity index (χ0n) is 13.8. The SMILES string of the molecule is CC1CC=CCC1CCC(O)Cc1c(O)ccc2ccccc12. The number of hydrogen-bond acceptors (Lipinski definition) is 2. The van der Waals surface area contributed by atoms with Crippen LogP contribution >= 0.6 is 0 Å². The summed E-state index contributed by atoms with van der Waals surface area (Å²) in [6, 6.07) is 11.7. The van der Waals surface area contributed by atoms with Gasteiger partial charge in [0.2, 0.25) is 0 Å². The van der Waals surface area contributed by atoms with E-state index in [2.05, 4.69) is 19.1 Å². The lowest BCUT2D eigenvalue weighted by atomic mass is 9.80. The Labute approximate surface area is 138 Å². The number of phenols is 1. The first-order valence-electron chi connectivity index (χ1n) is 8.68. The van der Waals surface area contributed by atoms with Gasteiger partial charge in [0.25, 0.3) is 0 Å². The van der Waals surface area contributed by atoms with Gasteiger partial charge in [0.15, 0.2) is 0 Å². The van der Waals surface area contributed by atoms with Crippen molar-refractivity contribution < 1.29 is 10.2 Å². The molecule has 1 aliphatic rings. The molecule has 2 heteroatoms. The molecule has 0 spiro atoms. The van der Waals surface area contributed by atoms with E-state index in [0.717, 1.165) is 42.0 Å². The molecule has 0 radical (unpaired) electrons. The smallest absolute Gasteiger partial charge is 0.119 e. The molecule has 2 aromatic rings. The molecule has 0 aliphatic heterocycles. The second-order valence-electron chi connectivity index (χ2n) is 6.90. The van der Waals surface area contributed by atoms with Gasteiger partial charge in [-0.15, -0.1) is 0 Å². The van der Waals surface area contributed by atoms with Gasteiger partial charge in [-0.1, -0.05) is 49.4 Å². The number of hydrogen-bond donors (Lipinski definition) is 2. The number of rotatable bonds is 5. The molecule has 1 aliphatic carbocycles. The lowest BCUT2D eigenvalue weighted by Gasteiger charge is -2.26. The van der Waals surface area contributed by atoms with Crippen molar-refractivity contribution in [3.63, 3.8) is 0 Å². The fourth-order valence-electron chi connectivity index (χ4n) is 3.69. The van der Waals surface area contributed by atoms with Crippen LogP contribution in [0.3, 0.4) is 0 Å². The highest BCUT2D eigenvalue weighted by atomic mass is 16.3. The van der Waals surface area contributed by atoms with Crippen LogP contribution < -0.4 is 0 Å². The first-order chi connectivity index (χ1) is 11.1. The van der Waals surface area contributed by atoms with Gasteiger partial charge in [0.1, 0.15) is 5.75 Å². The molecule has 2 N–H and O–H groups in total. The van der Waals surface area contributed by atoms with Crippen molar-refractivity contribution in [2.24, 2.45) is 11.8 Å². The summed E-state index contributed by atoms with van der Waals surface area (Å²) in [4.78, 5) is 0. The molecular weight excluding hydrogens is 284 g/mol. The predicted octanol–water partition coefficient (Wildman–Crippen LogP) is 4.83. The molecule has 2 nitrogen and oxygen atoms in total. The Morgan fingerprint density at radius 1 is 1.09 bits per heavy atom. The predicted molar refractivity (Wildman–Crippen MR) is 95.6 cm³/mol. The highest BCUT2D eigenvalue weighted by Crippen LogP contribution is 2.31. The third-order valence-corrected chi connectivity index (χ3v) is 5.24. The Bertz CT molecular complexity index is 689. The molecular formula is C21H26O2. The number of aromatic hydroxyl groups is 1. The maximum Gasteiger partial charge on any atom is 0.119 e. The molecule has 23 heavy (non-hydrogen) atoms. The maximum absolute atomic E-state index is 10.5. The van der Waals surface area contributed by atoms with Gasteiger partial charge in [-0.05, 0) is 54.4 Å². The van der Waals surface area contributed by atoms with Crippen LogP contribution in [0.1, 0.15) is 38.2 Å². The summed E-state index contributed by atoms with van der Waals surface area (Å²) in [6.45, 7) is 2.30. The van der Waals surface area contributed by atoms with Crippen LogP contribution in [0.4, 0.5) is 0 Å². The summed E-state index contributed by atoms with van der Waals surface area (Å²) in [5.74, 6) is 1.67. The van der Waals surface area contributed by atoms with Crippen molar-refractivity contribution in [1.82, 2.24) is 0 Å². The summed E-state index contributed by atoms with van der Waals surface area (Å²) in [5.41, 5.74) is 0.868. The Morgan fingerprint density at radius 3 is 2.70 bits per heavy atom. The maximum atomic E-state index is 10.5.